The minimum atomic E-state index is -1.72. The lowest BCUT2D eigenvalue weighted by Crippen LogP contribution is -2.55. The van der Waals surface area contributed by atoms with Gasteiger partial charge in [0.2, 0.25) is 0 Å². The number of carbonyl (C=O) groups excluding carboxylic acids is 3. The molecule has 3 aromatic rings. The molecule has 1 aliphatic heterocycles. The molecule has 1 fully saturated rings. The molecule has 0 bridgehead atoms. The molecular formula is C28H28ClN3O7. The van der Waals surface area contributed by atoms with Gasteiger partial charge in [-0.1, -0.05) is 48.0 Å². The Kier molecular flexibility index (Phi) is 9.00. The van der Waals surface area contributed by atoms with Crippen molar-refractivity contribution in [2.24, 2.45) is 0 Å². The number of piperazine rings is 1. The van der Waals surface area contributed by atoms with Gasteiger partial charge in [-0.3, -0.25) is 14.4 Å². The number of carbonyl (C=O) groups is 4. The average molecular weight is 554 g/mol. The van der Waals surface area contributed by atoms with Crippen LogP contribution >= 0.6 is 11.6 Å². The van der Waals surface area contributed by atoms with Gasteiger partial charge in [0.05, 0.1) is 6.26 Å². The van der Waals surface area contributed by atoms with Gasteiger partial charge in [-0.25, -0.2) is 4.79 Å². The van der Waals surface area contributed by atoms with Crippen molar-refractivity contribution in [3.05, 3.63) is 83.3 Å². The van der Waals surface area contributed by atoms with Gasteiger partial charge in [0, 0.05) is 43.7 Å². The topological polar surface area (TPSA) is 140 Å². The highest BCUT2D eigenvalue weighted by atomic mass is 35.5. The second-order valence-corrected chi connectivity index (χ2v) is 9.67. The first-order valence-corrected chi connectivity index (χ1v) is 12.8. The van der Waals surface area contributed by atoms with Gasteiger partial charge in [-0.05, 0) is 47.4 Å². The normalized spacial score (nSPS) is 14.9. The lowest BCUT2D eigenvalue weighted by molar-refractivity contribution is -0.149. The molecule has 204 valence electrons. The van der Waals surface area contributed by atoms with E-state index in [1.807, 2.05) is 42.5 Å². The maximum absolute atomic E-state index is 12.8. The Balaban J connectivity index is 1.37. The van der Waals surface area contributed by atoms with Crippen molar-refractivity contribution in [2.45, 2.75) is 25.0 Å². The highest BCUT2D eigenvalue weighted by Gasteiger charge is 2.31. The molecule has 2 heterocycles. The second-order valence-electron chi connectivity index (χ2n) is 9.23. The number of benzene rings is 2. The van der Waals surface area contributed by atoms with E-state index in [-0.39, 0.29) is 50.7 Å². The Morgan fingerprint density at radius 2 is 1.62 bits per heavy atom. The SMILES string of the molecule is O=C(N[C@H](Cc1ccc(-c2cccc(Cl)c2)cc1)C[C@@H](O)C(=O)O)C(=O)N1CCN(C(=O)c2ccco2)CC1. The van der Waals surface area contributed by atoms with Crippen LogP contribution in [0.1, 0.15) is 22.5 Å². The molecule has 2 aromatic carbocycles. The van der Waals surface area contributed by atoms with E-state index in [0.717, 1.165) is 16.7 Å². The van der Waals surface area contributed by atoms with E-state index in [9.17, 15) is 29.4 Å². The summed E-state index contributed by atoms with van der Waals surface area (Å²) in [6.07, 6.45) is -0.393. The number of carboxylic acids is 1. The van der Waals surface area contributed by atoms with Gasteiger partial charge < -0.3 is 29.7 Å². The first kappa shape index (κ1) is 27.9. The summed E-state index contributed by atoms with van der Waals surface area (Å²) in [5, 5.41) is 22.3. The molecule has 1 saturated heterocycles. The number of aliphatic hydroxyl groups is 1. The van der Waals surface area contributed by atoms with Crippen LogP contribution in [0.15, 0.2) is 71.3 Å². The van der Waals surface area contributed by atoms with Gasteiger partial charge in [-0.15, -0.1) is 0 Å². The highest BCUT2D eigenvalue weighted by Crippen LogP contribution is 2.23. The minimum absolute atomic E-state index is 0.159. The first-order chi connectivity index (χ1) is 18.7. The first-order valence-electron chi connectivity index (χ1n) is 12.4. The molecule has 0 radical (unpaired) electrons. The van der Waals surface area contributed by atoms with Crippen molar-refractivity contribution in [2.75, 3.05) is 26.2 Å². The molecule has 0 unspecified atom stereocenters. The number of hydrogen-bond donors (Lipinski definition) is 3. The number of halogens is 1. The molecule has 11 heteroatoms. The largest absolute Gasteiger partial charge is 0.479 e. The van der Waals surface area contributed by atoms with Gasteiger partial charge in [-0.2, -0.15) is 0 Å². The van der Waals surface area contributed by atoms with E-state index in [1.54, 1.807) is 23.1 Å². The van der Waals surface area contributed by atoms with E-state index in [0.29, 0.717) is 5.02 Å². The van der Waals surface area contributed by atoms with E-state index in [4.69, 9.17) is 16.0 Å². The number of nitrogens with zero attached hydrogens (tertiary/aromatic N) is 2. The third-order valence-electron chi connectivity index (χ3n) is 6.50. The quantitative estimate of drug-likeness (QED) is 0.364. The number of rotatable bonds is 8. The van der Waals surface area contributed by atoms with E-state index in [1.165, 1.54) is 11.2 Å². The summed E-state index contributed by atoms with van der Waals surface area (Å²) in [4.78, 5) is 52.3. The molecule has 10 nitrogen and oxygen atoms in total. The third-order valence-corrected chi connectivity index (χ3v) is 6.74. The van der Waals surface area contributed by atoms with Gasteiger partial charge >= 0.3 is 17.8 Å². The summed E-state index contributed by atoms with van der Waals surface area (Å²) in [7, 11) is 0. The van der Waals surface area contributed by atoms with E-state index < -0.39 is 29.9 Å². The Bertz CT molecular complexity index is 1320. The summed E-state index contributed by atoms with van der Waals surface area (Å²) < 4.78 is 5.13. The summed E-state index contributed by atoms with van der Waals surface area (Å²) >= 11 is 6.08. The lowest BCUT2D eigenvalue weighted by Gasteiger charge is -2.34. The summed E-state index contributed by atoms with van der Waals surface area (Å²) in [6, 6.07) is 17.2. The molecule has 3 amide bonds. The predicted octanol–water partition coefficient (Wildman–Crippen LogP) is 2.45. The van der Waals surface area contributed by atoms with Gasteiger partial charge in [0.1, 0.15) is 0 Å². The van der Waals surface area contributed by atoms with E-state index >= 15 is 0 Å². The van der Waals surface area contributed by atoms with Crippen LogP contribution in [0.4, 0.5) is 0 Å². The van der Waals surface area contributed by atoms with Crippen LogP contribution in [0.2, 0.25) is 5.02 Å². The summed E-state index contributed by atoms with van der Waals surface area (Å²) in [6.45, 7) is 0.787. The van der Waals surface area contributed by atoms with Crippen LogP contribution in [0.3, 0.4) is 0 Å². The Morgan fingerprint density at radius 3 is 2.23 bits per heavy atom. The second kappa shape index (κ2) is 12.6. The Hall–Kier alpha value is -4.15. The van der Waals surface area contributed by atoms with Crippen molar-refractivity contribution < 1.29 is 33.8 Å². The maximum atomic E-state index is 12.8. The molecule has 1 aromatic heterocycles. The van der Waals surface area contributed by atoms with Crippen molar-refractivity contribution >= 4 is 35.3 Å². The fourth-order valence-corrected chi connectivity index (χ4v) is 4.60. The van der Waals surface area contributed by atoms with Crippen LogP contribution in [0, 0.1) is 0 Å². The standard InChI is InChI=1S/C28H28ClN3O7/c29-21-4-1-3-20(16-21)19-8-6-18(7-9-19)15-22(17-23(33)28(37)38)30-25(34)27(36)32-12-10-31(11-13-32)26(35)24-5-2-14-39-24/h1-9,14,16,22-23,33H,10-13,15,17H2,(H,30,34)(H,37,38)/t22-,23-/m1/s1. The number of aliphatic carboxylic acids is 1. The molecule has 2 atom stereocenters. The molecule has 3 N–H and O–H groups in total. The summed E-state index contributed by atoms with van der Waals surface area (Å²) in [5.74, 6) is -3.20. The minimum Gasteiger partial charge on any atom is -0.479 e. The summed E-state index contributed by atoms with van der Waals surface area (Å²) in [5.41, 5.74) is 2.63. The van der Waals surface area contributed by atoms with Crippen molar-refractivity contribution in [1.29, 1.82) is 0 Å². The zero-order valence-corrected chi connectivity index (χ0v) is 21.7. The Labute approximate surface area is 229 Å². The average Bonchev–Trinajstić information content (AvgIpc) is 3.48. The molecule has 0 spiro atoms. The fourth-order valence-electron chi connectivity index (χ4n) is 4.41. The molecule has 39 heavy (non-hydrogen) atoms. The number of nitrogens with one attached hydrogen (secondary N) is 1. The zero-order valence-electron chi connectivity index (χ0n) is 21.0. The lowest BCUT2D eigenvalue weighted by atomic mass is 9.97. The van der Waals surface area contributed by atoms with Crippen LogP contribution in [-0.2, 0) is 20.8 Å². The van der Waals surface area contributed by atoms with Gasteiger partial charge in [0.15, 0.2) is 11.9 Å². The monoisotopic (exact) mass is 553 g/mol. The Morgan fingerprint density at radius 1 is 0.923 bits per heavy atom. The maximum Gasteiger partial charge on any atom is 0.332 e. The number of carboxylic acid groups (broad SMARTS) is 1. The van der Waals surface area contributed by atoms with Gasteiger partial charge in [0.25, 0.3) is 5.91 Å². The highest BCUT2D eigenvalue weighted by molar-refractivity contribution is 6.35. The molecule has 4 rings (SSSR count). The number of aliphatic hydroxyl groups excluding tert-OH is 1. The molecule has 0 aliphatic carbocycles. The van der Waals surface area contributed by atoms with Crippen molar-refractivity contribution in [3.8, 4) is 11.1 Å². The molecule has 1 aliphatic rings. The third kappa shape index (κ3) is 7.24. The van der Waals surface area contributed by atoms with Crippen molar-refractivity contribution in [3.63, 3.8) is 0 Å². The fraction of sp³-hybridized carbons (Fsp3) is 0.286. The van der Waals surface area contributed by atoms with E-state index in [2.05, 4.69) is 5.32 Å². The van der Waals surface area contributed by atoms with Crippen LogP contribution in [0.25, 0.3) is 11.1 Å². The predicted molar refractivity (Wildman–Crippen MR) is 142 cm³/mol. The molecular weight excluding hydrogens is 526 g/mol. The molecule has 0 saturated carbocycles. The zero-order chi connectivity index (χ0) is 27.9. The van der Waals surface area contributed by atoms with Crippen LogP contribution in [0.5, 0.6) is 0 Å². The number of hydrogen-bond acceptors (Lipinski definition) is 6. The van der Waals surface area contributed by atoms with Crippen LogP contribution in [-0.4, -0.2) is 82.0 Å². The number of furan rings is 1. The van der Waals surface area contributed by atoms with Crippen LogP contribution < -0.4 is 5.32 Å². The van der Waals surface area contributed by atoms with Crippen molar-refractivity contribution in [1.82, 2.24) is 15.1 Å². The number of amides is 3. The smallest absolute Gasteiger partial charge is 0.332 e.